The first-order chi connectivity index (χ1) is 8.13. The number of non-ortho nitro benzene ring substituents is 1. The van der Waals surface area contributed by atoms with Gasteiger partial charge in [0.15, 0.2) is 0 Å². The Hall–Kier alpha value is -1.82. The Morgan fingerprint density at radius 2 is 2.12 bits per heavy atom. The summed E-state index contributed by atoms with van der Waals surface area (Å²) >= 11 is 1.29. The van der Waals surface area contributed by atoms with Gasteiger partial charge in [0, 0.05) is 23.1 Å². The largest absolute Gasteiger partial charge is 0.463 e. The number of benzene rings is 1. The second-order valence-corrected chi connectivity index (χ2v) is 3.90. The molecule has 0 spiro atoms. The fourth-order valence-electron chi connectivity index (χ4n) is 1.00. The molecule has 6 heteroatoms. The minimum absolute atomic E-state index is 0.0451. The number of carbonyl (C=O) groups excluding carboxylic acids is 1. The van der Waals surface area contributed by atoms with E-state index in [0.29, 0.717) is 6.61 Å². The topological polar surface area (TPSA) is 69.4 Å². The van der Waals surface area contributed by atoms with Gasteiger partial charge < -0.3 is 4.74 Å². The number of carbonyl (C=O) groups is 1. The number of rotatable bonds is 5. The summed E-state index contributed by atoms with van der Waals surface area (Å²) in [6, 6.07) is 6.08. The quantitative estimate of drug-likeness (QED) is 0.265. The molecule has 1 rings (SSSR count). The number of esters is 1. The summed E-state index contributed by atoms with van der Waals surface area (Å²) < 4.78 is 4.70. The highest BCUT2D eigenvalue weighted by atomic mass is 32.2. The molecule has 0 bridgehead atoms. The van der Waals surface area contributed by atoms with Crippen molar-refractivity contribution in [3.63, 3.8) is 0 Å². The van der Waals surface area contributed by atoms with Crippen molar-refractivity contribution in [1.29, 1.82) is 0 Å². The minimum Gasteiger partial charge on any atom is -0.463 e. The Morgan fingerprint density at radius 3 is 2.65 bits per heavy atom. The molecule has 5 nitrogen and oxygen atoms in total. The lowest BCUT2D eigenvalue weighted by atomic mass is 10.3. The summed E-state index contributed by atoms with van der Waals surface area (Å²) in [4.78, 5) is 21.7. The van der Waals surface area contributed by atoms with E-state index in [1.807, 2.05) is 0 Å². The summed E-state index contributed by atoms with van der Waals surface area (Å²) in [5, 5.41) is 12.0. The van der Waals surface area contributed by atoms with E-state index in [0.717, 1.165) is 4.90 Å². The van der Waals surface area contributed by atoms with E-state index in [2.05, 4.69) is 0 Å². The summed E-state index contributed by atoms with van der Waals surface area (Å²) in [7, 11) is 0. The summed E-state index contributed by atoms with van der Waals surface area (Å²) in [5.74, 6) is -0.401. The van der Waals surface area contributed by atoms with Crippen molar-refractivity contribution in [3.8, 4) is 0 Å². The molecule has 0 amide bonds. The van der Waals surface area contributed by atoms with Gasteiger partial charge in [0.2, 0.25) is 0 Å². The first-order valence-corrected chi connectivity index (χ1v) is 5.76. The lowest BCUT2D eigenvalue weighted by molar-refractivity contribution is -0.384. The molecule has 1 aromatic carbocycles. The van der Waals surface area contributed by atoms with Crippen molar-refractivity contribution in [2.75, 3.05) is 6.61 Å². The van der Waals surface area contributed by atoms with E-state index < -0.39 is 10.9 Å². The second-order valence-electron chi connectivity index (χ2n) is 2.92. The van der Waals surface area contributed by atoms with Gasteiger partial charge in [-0.15, -0.1) is 0 Å². The SMILES string of the molecule is CCOC(=O)/C=C\Sc1ccc([N+](=O)[O-])cc1. The Balaban J connectivity index is 2.52. The van der Waals surface area contributed by atoms with E-state index in [-0.39, 0.29) is 5.69 Å². The van der Waals surface area contributed by atoms with Gasteiger partial charge in [-0.05, 0) is 24.5 Å². The van der Waals surface area contributed by atoms with Gasteiger partial charge in [0.05, 0.1) is 11.5 Å². The van der Waals surface area contributed by atoms with Crippen LogP contribution in [-0.2, 0) is 9.53 Å². The van der Waals surface area contributed by atoms with Crippen molar-refractivity contribution in [2.24, 2.45) is 0 Å². The molecule has 17 heavy (non-hydrogen) atoms. The predicted octanol–water partition coefficient (Wildman–Crippen LogP) is 2.76. The Morgan fingerprint density at radius 1 is 1.47 bits per heavy atom. The van der Waals surface area contributed by atoms with E-state index in [4.69, 9.17) is 4.74 Å². The number of nitrogens with zero attached hydrogens (tertiary/aromatic N) is 1. The molecule has 90 valence electrons. The Labute approximate surface area is 103 Å². The molecule has 0 heterocycles. The van der Waals surface area contributed by atoms with Crippen LogP contribution in [0.2, 0.25) is 0 Å². The Bertz CT molecular complexity index is 428. The van der Waals surface area contributed by atoms with Crippen LogP contribution in [0, 0.1) is 10.1 Å². The van der Waals surface area contributed by atoms with E-state index in [1.54, 1.807) is 24.5 Å². The van der Waals surface area contributed by atoms with Crippen LogP contribution in [-0.4, -0.2) is 17.5 Å². The van der Waals surface area contributed by atoms with Crippen LogP contribution < -0.4 is 0 Å². The molecule has 0 atom stereocenters. The van der Waals surface area contributed by atoms with Gasteiger partial charge in [0.1, 0.15) is 0 Å². The summed E-state index contributed by atoms with van der Waals surface area (Å²) in [6.45, 7) is 2.07. The zero-order chi connectivity index (χ0) is 12.7. The van der Waals surface area contributed by atoms with Gasteiger partial charge in [-0.25, -0.2) is 4.79 Å². The number of hydrogen-bond acceptors (Lipinski definition) is 5. The maximum Gasteiger partial charge on any atom is 0.331 e. The number of ether oxygens (including phenoxy) is 1. The van der Waals surface area contributed by atoms with Crippen LogP contribution in [0.15, 0.2) is 40.6 Å². The Kier molecular flexibility index (Phi) is 5.22. The van der Waals surface area contributed by atoms with Crippen LogP contribution in [0.3, 0.4) is 0 Å². The average molecular weight is 253 g/mol. The molecule has 0 aliphatic carbocycles. The first-order valence-electron chi connectivity index (χ1n) is 4.88. The van der Waals surface area contributed by atoms with Crippen LogP contribution in [0.25, 0.3) is 0 Å². The highest BCUT2D eigenvalue weighted by Crippen LogP contribution is 2.22. The highest BCUT2D eigenvalue weighted by Gasteiger charge is 2.03. The third kappa shape index (κ3) is 4.69. The van der Waals surface area contributed by atoms with Gasteiger partial charge in [0.25, 0.3) is 5.69 Å². The van der Waals surface area contributed by atoms with Gasteiger partial charge in [-0.2, -0.15) is 0 Å². The molecule has 0 unspecified atom stereocenters. The lowest BCUT2D eigenvalue weighted by Gasteiger charge is -1.96. The zero-order valence-corrected chi connectivity index (χ0v) is 9.98. The monoisotopic (exact) mass is 253 g/mol. The van der Waals surface area contributed by atoms with Crippen LogP contribution >= 0.6 is 11.8 Å². The van der Waals surface area contributed by atoms with E-state index in [1.165, 1.54) is 30.0 Å². The molecular weight excluding hydrogens is 242 g/mol. The first kappa shape index (κ1) is 13.2. The van der Waals surface area contributed by atoms with Crippen LogP contribution in [0.4, 0.5) is 5.69 Å². The van der Waals surface area contributed by atoms with Crippen molar-refractivity contribution < 1.29 is 14.5 Å². The van der Waals surface area contributed by atoms with Crippen molar-refractivity contribution in [3.05, 3.63) is 45.9 Å². The van der Waals surface area contributed by atoms with Gasteiger partial charge in [-0.3, -0.25) is 10.1 Å². The number of hydrogen-bond donors (Lipinski definition) is 0. The number of nitro groups is 1. The molecule has 0 aliphatic rings. The maximum absolute atomic E-state index is 11.0. The smallest absolute Gasteiger partial charge is 0.331 e. The second kappa shape index (κ2) is 6.70. The van der Waals surface area contributed by atoms with Crippen molar-refractivity contribution in [1.82, 2.24) is 0 Å². The van der Waals surface area contributed by atoms with Gasteiger partial charge >= 0.3 is 5.97 Å². The molecule has 0 N–H and O–H groups in total. The van der Waals surface area contributed by atoms with Crippen molar-refractivity contribution >= 4 is 23.4 Å². The normalized spacial score (nSPS) is 10.4. The number of nitro benzene ring substituents is 1. The minimum atomic E-state index is -0.455. The molecule has 0 aliphatic heterocycles. The highest BCUT2D eigenvalue weighted by molar-refractivity contribution is 8.02. The summed E-state index contributed by atoms with van der Waals surface area (Å²) in [5.41, 5.74) is 0.0451. The lowest BCUT2D eigenvalue weighted by Crippen LogP contribution is -1.98. The molecule has 0 saturated heterocycles. The van der Waals surface area contributed by atoms with Gasteiger partial charge in [-0.1, -0.05) is 11.8 Å². The molecule has 1 aromatic rings. The fraction of sp³-hybridized carbons (Fsp3) is 0.182. The molecule has 0 aromatic heterocycles. The zero-order valence-electron chi connectivity index (χ0n) is 9.16. The molecular formula is C11H11NO4S. The predicted molar refractivity (Wildman–Crippen MR) is 64.7 cm³/mol. The van der Waals surface area contributed by atoms with E-state index >= 15 is 0 Å². The third-order valence-electron chi connectivity index (χ3n) is 1.74. The average Bonchev–Trinajstić information content (AvgIpc) is 2.30. The fourth-order valence-corrected chi connectivity index (χ4v) is 1.63. The number of thioether (sulfide) groups is 1. The third-order valence-corrected chi connectivity index (χ3v) is 2.56. The van der Waals surface area contributed by atoms with Crippen LogP contribution in [0.5, 0.6) is 0 Å². The van der Waals surface area contributed by atoms with Crippen LogP contribution in [0.1, 0.15) is 6.92 Å². The molecule has 0 fully saturated rings. The molecule has 0 radical (unpaired) electrons. The summed E-state index contributed by atoms with van der Waals surface area (Å²) in [6.07, 6.45) is 1.32. The molecule has 0 saturated carbocycles. The van der Waals surface area contributed by atoms with E-state index in [9.17, 15) is 14.9 Å². The standard InChI is InChI=1S/C11H11NO4S/c1-2-16-11(13)7-8-17-10-5-3-9(4-6-10)12(14)15/h3-8H,2H2,1H3/b8-7-. The van der Waals surface area contributed by atoms with Crippen molar-refractivity contribution in [2.45, 2.75) is 11.8 Å². The maximum atomic E-state index is 11.0.